The molecule has 0 aliphatic carbocycles. The Morgan fingerprint density at radius 3 is 2.78 bits per heavy atom. The standard InChI is InChI=1S/C10H18F3N3O2/c1-15(6-9(14)17)4-8-5-16(2-3-18-8)7-10(11,12)13/h8H,2-7H2,1H3,(H2,14,17). The third-order valence-electron chi connectivity index (χ3n) is 2.57. The first kappa shape index (κ1) is 15.2. The van der Waals surface area contributed by atoms with Gasteiger partial charge in [-0.2, -0.15) is 13.2 Å². The zero-order valence-corrected chi connectivity index (χ0v) is 10.2. The molecule has 106 valence electrons. The van der Waals surface area contributed by atoms with Crippen molar-refractivity contribution in [2.45, 2.75) is 12.3 Å². The van der Waals surface area contributed by atoms with Crippen molar-refractivity contribution in [2.24, 2.45) is 5.73 Å². The second-order valence-corrected chi connectivity index (χ2v) is 4.51. The summed E-state index contributed by atoms with van der Waals surface area (Å²) in [6, 6.07) is 0. The fourth-order valence-electron chi connectivity index (χ4n) is 1.97. The normalized spacial score (nSPS) is 22.4. The van der Waals surface area contributed by atoms with Gasteiger partial charge in [0.25, 0.3) is 0 Å². The number of ether oxygens (including phenoxy) is 1. The van der Waals surface area contributed by atoms with Crippen LogP contribution in [-0.4, -0.2) is 74.4 Å². The van der Waals surface area contributed by atoms with Gasteiger partial charge in [0, 0.05) is 19.6 Å². The van der Waals surface area contributed by atoms with Crippen LogP contribution in [0.4, 0.5) is 13.2 Å². The highest BCUT2D eigenvalue weighted by Crippen LogP contribution is 2.18. The fraction of sp³-hybridized carbons (Fsp3) is 0.900. The Morgan fingerprint density at radius 2 is 2.22 bits per heavy atom. The van der Waals surface area contributed by atoms with Crippen molar-refractivity contribution in [3.8, 4) is 0 Å². The number of hydrogen-bond donors (Lipinski definition) is 1. The highest BCUT2D eigenvalue weighted by molar-refractivity contribution is 5.75. The van der Waals surface area contributed by atoms with Gasteiger partial charge >= 0.3 is 6.18 Å². The summed E-state index contributed by atoms with van der Waals surface area (Å²) in [6.45, 7) is 0.284. The van der Waals surface area contributed by atoms with Crippen LogP contribution in [0.5, 0.6) is 0 Å². The topological polar surface area (TPSA) is 58.8 Å². The van der Waals surface area contributed by atoms with Crippen LogP contribution >= 0.6 is 0 Å². The minimum Gasteiger partial charge on any atom is -0.374 e. The van der Waals surface area contributed by atoms with Crippen molar-refractivity contribution in [3.63, 3.8) is 0 Å². The van der Waals surface area contributed by atoms with Gasteiger partial charge in [-0.25, -0.2) is 0 Å². The molecule has 1 aliphatic heterocycles. The zero-order valence-electron chi connectivity index (χ0n) is 10.2. The predicted octanol–water partition coefficient (Wildman–Crippen LogP) is -0.333. The molecule has 2 N–H and O–H groups in total. The molecule has 0 aromatic rings. The van der Waals surface area contributed by atoms with Crippen LogP contribution in [0.3, 0.4) is 0 Å². The van der Waals surface area contributed by atoms with Crippen LogP contribution in [-0.2, 0) is 9.53 Å². The number of carbonyl (C=O) groups is 1. The summed E-state index contributed by atoms with van der Waals surface area (Å²) < 4.78 is 42.1. The maximum atomic E-state index is 12.2. The van der Waals surface area contributed by atoms with Gasteiger partial charge in [-0.15, -0.1) is 0 Å². The molecule has 1 amide bonds. The van der Waals surface area contributed by atoms with Crippen molar-refractivity contribution in [2.75, 3.05) is 46.4 Å². The Morgan fingerprint density at radius 1 is 1.56 bits per heavy atom. The molecule has 1 fully saturated rings. The number of morpholine rings is 1. The summed E-state index contributed by atoms with van der Waals surface area (Å²) >= 11 is 0. The Hall–Kier alpha value is -0.860. The molecule has 8 heteroatoms. The Kier molecular flexibility index (Phi) is 5.36. The van der Waals surface area contributed by atoms with Crippen LogP contribution in [0.25, 0.3) is 0 Å². The number of hydrogen-bond acceptors (Lipinski definition) is 4. The number of nitrogens with two attached hydrogens (primary N) is 1. The summed E-state index contributed by atoms with van der Waals surface area (Å²) in [5, 5.41) is 0. The molecule has 0 saturated carbocycles. The van der Waals surface area contributed by atoms with E-state index in [4.69, 9.17) is 10.5 Å². The molecule has 0 aromatic heterocycles. The van der Waals surface area contributed by atoms with E-state index in [0.717, 1.165) is 0 Å². The molecule has 1 rings (SSSR count). The zero-order chi connectivity index (χ0) is 13.8. The third-order valence-corrected chi connectivity index (χ3v) is 2.57. The molecule has 0 bridgehead atoms. The maximum absolute atomic E-state index is 12.2. The Labute approximate surface area is 104 Å². The highest BCUT2D eigenvalue weighted by atomic mass is 19.4. The van der Waals surface area contributed by atoms with Crippen molar-refractivity contribution in [1.29, 1.82) is 0 Å². The van der Waals surface area contributed by atoms with Gasteiger partial charge in [-0.1, -0.05) is 0 Å². The lowest BCUT2D eigenvalue weighted by Crippen LogP contribution is -2.50. The minimum absolute atomic E-state index is 0.0686. The Bertz CT molecular complexity index is 286. The first-order valence-corrected chi connectivity index (χ1v) is 5.64. The number of halogens is 3. The highest BCUT2D eigenvalue weighted by Gasteiger charge is 2.33. The number of alkyl halides is 3. The van der Waals surface area contributed by atoms with E-state index >= 15 is 0 Å². The van der Waals surface area contributed by atoms with Crippen LogP contribution in [0.15, 0.2) is 0 Å². The summed E-state index contributed by atoms with van der Waals surface area (Å²) in [6.07, 6.45) is -4.52. The van der Waals surface area contributed by atoms with Gasteiger partial charge in [0.1, 0.15) is 0 Å². The van der Waals surface area contributed by atoms with Crippen molar-refractivity contribution < 1.29 is 22.7 Å². The number of carbonyl (C=O) groups excluding carboxylic acids is 1. The SMILES string of the molecule is CN(CC(N)=O)CC1CN(CC(F)(F)F)CCO1. The number of rotatable bonds is 5. The summed E-state index contributed by atoms with van der Waals surface area (Å²) in [4.78, 5) is 13.6. The lowest BCUT2D eigenvalue weighted by atomic mass is 10.2. The van der Waals surface area contributed by atoms with Gasteiger partial charge < -0.3 is 10.5 Å². The largest absolute Gasteiger partial charge is 0.401 e. The smallest absolute Gasteiger partial charge is 0.374 e. The van der Waals surface area contributed by atoms with E-state index in [1.807, 2.05) is 0 Å². The van der Waals surface area contributed by atoms with Crippen LogP contribution < -0.4 is 5.73 Å². The molecule has 1 saturated heterocycles. The molecular formula is C10H18F3N3O2. The average Bonchev–Trinajstić information content (AvgIpc) is 2.13. The fourth-order valence-corrected chi connectivity index (χ4v) is 1.97. The molecule has 0 radical (unpaired) electrons. The first-order valence-electron chi connectivity index (χ1n) is 5.64. The third kappa shape index (κ3) is 6.18. The van der Waals surface area contributed by atoms with E-state index in [-0.39, 0.29) is 32.3 Å². The molecule has 18 heavy (non-hydrogen) atoms. The quantitative estimate of drug-likeness (QED) is 0.742. The van der Waals surface area contributed by atoms with E-state index in [9.17, 15) is 18.0 Å². The van der Waals surface area contributed by atoms with E-state index in [2.05, 4.69) is 0 Å². The molecule has 1 heterocycles. The van der Waals surface area contributed by atoms with Crippen LogP contribution in [0.2, 0.25) is 0 Å². The predicted molar refractivity (Wildman–Crippen MR) is 58.9 cm³/mol. The van der Waals surface area contributed by atoms with Crippen LogP contribution in [0.1, 0.15) is 0 Å². The van der Waals surface area contributed by atoms with Gasteiger partial charge in [0.2, 0.25) is 5.91 Å². The van der Waals surface area contributed by atoms with Crippen molar-refractivity contribution in [3.05, 3.63) is 0 Å². The summed E-state index contributed by atoms with van der Waals surface area (Å²) in [5.74, 6) is -0.472. The van der Waals surface area contributed by atoms with Crippen molar-refractivity contribution >= 4 is 5.91 Å². The average molecular weight is 269 g/mol. The molecule has 1 aliphatic rings. The Balaban J connectivity index is 2.37. The van der Waals surface area contributed by atoms with E-state index in [1.165, 1.54) is 4.90 Å². The van der Waals surface area contributed by atoms with E-state index in [0.29, 0.717) is 6.54 Å². The van der Waals surface area contributed by atoms with Gasteiger partial charge in [0.15, 0.2) is 0 Å². The molecule has 5 nitrogen and oxygen atoms in total. The lowest BCUT2D eigenvalue weighted by molar-refractivity contribution is -0.160. The maximum Gasteiger partial charge on any atom is 0.401 e. The molecular weight excluding hydrogens is 251 g/mol. The summed E-state index contributed by atoms with van der Waals surface area (Å²) in [7, 11) is 1.68. The molecule has 1 atom stereocenters. The number of primary amides is 1. The molecule has 0 aromatic carbocycles. The molecule has 1 unspecified atom stereocenters. The monoisotopic (exact) mass is 269 g/mol. The van der Waals surface area contributed by atoms with Crippen LogP contribution in [0, 0.1) is 0 Å². The van der Waals surface area contributed by atoms with E-state index in [1.54, 1.807) is 11.9 Å². The second-order valence-electron chi connectivity index (χ2n) is 4.51. The van der Waals surface area contributed by atoms with E-state index < -0.39 is 18.6 Å². The van der Waals surface area contributed by atoms with Gasteiger partial charge in [0.05, 0.1) is 25.8 Å². The number of nitrogens with zero attached hydrogens (tertiary/aromatic N) is 2. The van der Waals surface area contributed by atoms with Crippen molar-refractivity contribution in [1.82, 2.24) is 9.80 Å². The first-order chi connectivity index (χ1) is 8.26. The number of amides is 1. The molecule has 0 spiro atoms. The lowest BCUT2D eigenvalue weighted by Gasteiger charge is -2.34. The summed E-state index contributed by atoms with van der Waals surface area (Å²) in [5.41, 5.74) is 5.03. The second kappa shape index (κ2) is 6.35. The number of likely N-dealkylation sites (N-methyl/N-ethyl adjacent to an activating group) is 1. The van der Waals surface area contributed by atoms with Gasteiger partial charge in [-0.05, 0) is 7.05 Å². The van der Waals surface area contributed by atoms with Gasteiger partial charge in [-0.3, -0.25) is 14.6 Å². The minimum atomic E-state index is -4.19.